The summed E-state index contributed by atoms with van der Waals surface area (Å²) in [5, 5.41) is 8.82. The maximum absolute atomic E-state index is 13.0. The number of hydrogen-bond donors (Lipinski definition) is 0. The first-order valence-corrected chi connectivity index (χ1v) is 9.71. The molecule has 3 rings (SSSR count). The number of benzene rings is 2. The van der Waals surface area contributed by atoms with Gasteiger partial charge < -0.3 is 0 Å². The second-order valence-electron chi connectivity index (χ2n) is 5.08. The highest BCUT2D eigenvalue weighted by Gasteiger charge is 2.14. The molecule has 0 spiro atoms. The van der Waals surface area contributed by atoms with Crippen LogP contribution in [0.25, 0.3) is 11.3 Å². The van der Waals surface area contributed by atoms with Gasteiger partial charge in [-0.3, -0.25) is 0 Å². The summed E-state index contributed by atoms with van der Waals surface area (Å²) in [6.07, 6.45) is 1.18. The molecule has 122 valence electrons. The van der Waals surface area contributed by atoms with Crippen molar-refractivity contribution >= 4 is 21.6 Å². The lowest BCUT2D eigenvalue weighted by Crippen LogP contribution is -1.99. The first-order chi connectivity index (χ1) is 11.4. The average Bonchev–Trinajstić information content (AvgIpc) is 2.56. The Kier molecular flexibility index (Phi) is 4.64. The zero-order chi connectivity index (χ0) is 17.2. The summed E-state index contributed by atoms with van der Waals surface area (Å²) in [7, 11) is -3.31. The molecule has 0 saturated carbocycles. The Hall–Kier alpha value is -2.25. The molecule has 0 aliphatic carbocycles. The van der Waals surface area contributed by atoms with E-state index in [-0.39, 0.29) is 10.7 Å². The van der Waals surface area contributed by atoms with Crippen molar-refractivity contribution in [3.8, 4) is 11.3 Å². The van der Waals surface area contributed by atoms with E-state index in [1.165, 1.54) is 30.2 Å². The number of nitrogens with zero attached hydrogens (tertiary/aromatic N) is 2. The van der Waals surface area contributed by atoms with Gasteiger partial charge in [-0.05, 0) is 48.5 Å². The Morgan fingerprint density at radius 1 is 0.917 bits per heavy atom. The normalized spacial score (nSPS) is 11.4. The number of hydrogen-bond acceptors (Lipinski definition) is 5. The largest absolute Gasteiger partial charge is 0.224 e. The molecule has 1 heterocycles. The summed E-state index contributed by atoms with van der Waals surface area (Å²) < 4.78 is 36.6. The van der Waals surface area contributed by atoms with Crippen molar-refractivity contribution < 1.29 is 12.8 Å². The van der Waals surface area contributed by atoms with Gasteiger partial charge in [0.2, 0.25) is 0 Å². The molecule has 2 aromatic carbocycles. The smallest absolute Gasteiger partial charge is 0.176 e. The van der Waals surface area contributed by atoms with Gasteiger partial charge in [0.05, 0.1) is 10.6 Å². The molecular formula is C17H13FN2O2S2. The minimum atomic E-state index is -3.31. The van der Waals surface area contributed by atoms with E-state index in [1.807, 2.05) is 0 Å². The topological polar surface area (TPSA) is 59.9 Å². The van der Waals surface area contributed by atoms with Crippen LogP contribution in [0.2, 0.25) is 0 Å². The fourth-order valence-electron chi connectivity index (χ4n) is 2.10. The summed E-state index contributed by atoms with van der Waals surface area (Å²) in [5.74, 6) is -0.309. The van der Waals surface area contributed by atoms with Crippen molar-refractivity contribution in [2.45, 2.75) is 14.8 Å². The maximum atomic E-state index is 13.0. The quantitative estimate of drug-likeness (QED) is 0.707. The molecule has 0 saturated heterocycles. The van der Waals surface area contributed by atoms with Gasteiger partial charge in [-0.1, -0.05) is 23.9 Å². The van der Waals surface area contributed by atoms with E-state index in [0.29, 0.717) is 15.6 Å². The van der Waals surface area contributed by atoms with Gasteiger partial charge in [0, 0.05) is 16.7 Å². The molecule has 0 amide bonds. The zero-order valence-corrected chi connectivity index (χ0v) is 14.3. The Bertz CT molecular complexity index is 957. The highest BCUT2D eigenvalue weighted by Crippen LogP contribution is 2.31. The van der Waals surface area contributed by atoms with Crippen LogP contribution in [0.15, 0.2) is 75.5 Å². The predicted molar refractivity (Wildman–Crippen MR) is 91.1 cm³/mol. The number of rotatable bonds is 4. The molecule has 0 radical (unpaired) electrons. The van der Waals surface area contributed by atoms with Crippen molar-refractivity contribution in [2.75, 3.05) is 6.26 Å². The van der Waals surface area contributed by atoms with Crippen LogP contribution in [-0.4, -0.2) is 24.9 Å². The standard InChI is InChI=1S/C17H13FN2O2S2/c1-24(21,22)16-5-3-2-4-15(16)23-17-11-10-14(19-20-17)12-6-8-13(18)9-7-12/h2-11H,1H3. The van der Waals surface area contributed by atoms with Gasteiger partial charge in [-0.15, -0.1) is 10.2 Å². The van der Waals surface area contributed by atoms with Gasteiger partial charge in [0.25, 0.3) is 0 Å². The van der Waals surface area contributed by atoms with Crippen LogP contribution in [0.3, 0.4) is 0 Å². The van der Waals surface area contributed by atoms with Crippen LogP contribution in [0, 0.1) is 5.82 Å². The Morgan fingerprint density at radius 2 is 1.62 bits per heavy atom. The number of halogens is 1. The molecule has 1 aromatic heterocycles. The molecule has 0 aliphatic rings. The van der Waals surface area contributed by atoms with Crippen LogP contribution >= 0.6 is 11.8 Å². The van der Waals surface area contributed by atoms with Crippen LogP contribution in [0.1, 0.15) is 0 Å². The molecule has 0 bridgehead atoms. The highest BCUT2D eigenvalue weighted by molar-refractivity contribution is 8.00. The average molecular weight is 360 g/mol. The summed E-state index contributed by atoms with van der Waals surface area (Å²) >= 11 is 1.23. The molecule has 0 fully saturated rings. The summed E-state index contributed by atoms with van der Waals surface area (Å²) in [6, 6.07) is 16.3. The van der Waals surface area contributed by atoms with Gasteiger partial charge in [0.15, 0.2) is 9.84 Å². The van der Waals surface area contributed by atoms with E-state index < -0.39 is 9.84 Å². The van der Waals surface area contributed by atoms with E-state index >= 15 is 0 Å². The third-order valence-corrected chi connectivity index (χ3v) is 5.53. The van der Waals surface area contributed by atoms with Crippen LogP contribution < -0.4 is 0 Å². The molecule has 7 heteroatoms. The first kappa shape index (κ1) is 16.6. The van der Waals surface area contributed by atoms with Crippen molar-refractivity contribution in [3.63, 3.8) is 0 Å². The lowest BCUT2D eigenvalue weighted by Gasteiger charge is -2.07. The monoisotopic (exact) mass is 360 g/mol. The second-order valence-corrected chi connectivity index (χ2v) is 8.13. The van der Waals surface area contributed by atoms with E-state index in [9.17, 15) is 12.8 Å². The van der Waals surface area contributed by atoms with Crippen LogP contribution in [0.4, 0.5) is 4.39 Å². The highest BCUT2D eigenvalue weighted by atomic mass is 32.2. The van der Waals surface area contributed by atoms with E-state index in [2.05, 4.69) is 10.2 Å². The van der Waals surface area contributed by atoms with Gasteiger partial charge in [-0.2, -0.15) is 0 Å². The van der Waals surface area contributed by atoms with E-state index in [1.54, 1.807) is 48.5 Å². The number of aromatic nitrogens is 2. The second kappa shape index (κ2) is 6.70. The summed E-state index contributed by atoms with van der Waals surface area (Å²) in [5.41, 5.74) is 1.38. The minimum Gasteiger partial charge on any atom is -0.224 e. The SMILES string of the molecule is CS(=O)(=O)c1ccccc1Sc1ccc(-c2ccc(F)cc2)nn1. The third kappa shape index (κ3) is 3.80. The van der Waals surface area contributed by atoms with Crippen LogP contribution in [0.5, 0.6) is 0 Å². The fraction of sp³-hybridized carbons (Fsp3) is 0.0588. The summed E-state index contributed by atoms with van der Waals surface area (Å²) in [6.45, 7) is 0. The van der Waals surface area contributed by atoms with Crippen molar-refractivity contribution in [3.05, 3.63) is 66.5 Å². The molecule has 0 unspecified atom stereocenters. The molecule has 0 aliphatic heterocycles. The van der Waals surface area contributed by atoms with E-state index in [4.69, 9.17) is 0 Å². The zero-order valence-electron chi connectivity index (χ0n) is 12.7. The number of sulfone groups is 1. The Balaban J connectivity index is 1.87. The maximum Gasteiger partial charge on any atom is 0.176 e. The molecule has 0 N–H and O–H groups in total. The van der Waals surface area contributed by atoms with Crippen molar-refractivity contribution in [1.29, 1.82) is 0 Å². The van der Waals surface area contributed by atoms with E-state index in [0.717, 1.165) is 5.56 Å². The Morgan fingerprint density at radius 3 is 2.25 bits per heavy atom. The lowest BCUT2D eigenvalue weighted by molar-refractivity contribution is 0.600. The molecule has 24 heavy (non-hydrogen) atoms. The van der Waals surface area contributed by atoms with Crippen molar-refractivity contribution in [1.82, 2.24) is 10.2 Å². The third-order valence-electron chi connectivity index (χ3n) is 3.24. The van der Waals surface area contributed by atoms with Gasteiger partial charge in [0.1, 0.15) is 10.8 Å². The fourth-order valence-corrected chi connectivity index (χ4v) is 4.20. The van der Waals surface area contributed by atoms with Gasteiger partial charge >= 0.3 is 0 Å². The summed E-state index contributed by atoms with van der Waals surface area (Å²) in [4.78, 5) is 0.864. The lowest BCUT2D eigenvalue weighted by atomic mass is 10.1. The first-order valence-electron chi connectivity index (χ1n) is 7.00. The predicted octanol–water partition coefficient (Wildman–Crippen LogP) is 3.84. The van der Waals surface area contributed by atoms with Crippen LogP contribution in [-0.2, 0) is 9.84 Å². The molecular weight excluding hydrogens is 347 g/mol. The Labute approximate surface area is 143 Å². The molecule has 4 nitrogen and oxygen atoms in total. The minimum absolute atomic E-state index is 0.263. The van der Waals surface area contributed by atoms with Crippen molar-refractivity contribution in [2.24, 2.45) is 0 Å². The molecule has 3 aromatic rings. The molecule has 0 atom stereocenters. The van der Waals surface area contributed by atoms with Gasteiger partial charge in [-0.25, -0.2) is 12.8 Å².